The number of hydrogen-bond donors (Lipinski definition) is 2. The third kappa shape index (κ3) is 4.16. The van der Waals surface area contributed by atoms with Gasteiger partial charge >= 0.3 is 0 Å². The highest BCUT2D eigenvalue weighted by Crippen LogP contribution is 2.19. The predicted molar refractivity (Wildman–Crippen MR) is 83.3 cm³/mol. The van der Waals surface area contributed by atoms with E-state index in [1.165, 1.54) is 6.26 Å². The van der Waals surface area contributed by atoms with Crippen molar-refractivity contribution in [2.45, 2.75) is 24.7 Å². The van der Waals surface area contributed by atoms with E-state index in [-0.39, 0.29) is 4.90 Å². The summed E-state index contributed by atoms with van der Waals surface area (Å²) in [6.45, 7) is 2.05. The lowest BCUT2D eigenvalue weighted by atomic mass is 10.3. The molecule has 0 aliphatic carbocycles. The van der Waals surface area contributed by atoms with Gasteiger partial charge in [-0.25, -0.2) is 18.4 Å². The minimum atomic E-state index is -3.19. The Balaban J connectivity index is 2.22. The Bertz CT molecular complexity index is 727. The molecule has 112 valence electrons. The second-order valence-electron chi connectivity index (χ2n) is 4.77. The highest BCUT2D eigenvalue weighted by Gasteiger charge is 2.07. The summed E-state index contributed by atoms with van der Waals surface area (Å²) >= 11 is 0. The van der Waals surface area contributed by atoms with Gasteiger partial charge in [0.25, 0.3) is 0 Å². The average Bonchev–Trinajstić information content (AvgIpc) is 2.38. The van der Waals surface area contributed by atoms with Crippen LogP contribution in [0.25, 0.3) is 0 Å². The first-order valence-corrected chi connectivity index (χ1v) is 8.48. The molecule has 21 heavy (non-hydrogen) atoms. The number of hydrogen-bond acceptors (Lipinski definition) is 6. The van der Waals surface area contributed by atoms with Gasteiger partial charge in [-0.15, -0.1) is 0 Å². The van der Waals surface area contributed by atoms with Crippen LogP contribution >= 0.6 is 0 Å². The Morgan fingerprint density at radius 1 is 1.19 bits per heavy atom. The van der Waals surface area contributed by atoms with Crippen LogP contribution in [0, 0.1) is 0 Å². The fourth-order valence-electron chi connectivity index (χ4n) is 1.85. The molecule has 0 aliphatic rings. The maximum absolute atomic E-state index is 11.4. The Kier molecular flexibility index (Phi) is 4.42. The van der Waals surface area contributed by atoms with Gasteiger partial charge in [-0.2, -0.15) is 0 Å². The van der Waals surface area contributed by atoms with Crippen molar-refractivity contribution < 1.29 is 8.42 Å². The molecule has 6 nitrogen and oxygen atoms in total. The van der Waals surface area contributed by atoms with Crippen molar-refractivity contribution in [3.05, 3.63) is 36.2 Å². The number of rotatable bonds is 5. The first kappa shape index (κ1) is 15.2. The lowest BCUT2D eigenvalue weighted by Crippen LogP contribution is -2.03. The molecule has 0 saturated heterocycles. The highest BCUT2D eigenvalue weighted by molar-refractivity contribution is 7.90. The van der Waals surface area contributed by atoms with Gasteiger partial charge in [0.05, 0.1) is 4.90 Å². The topological polar surface area (TPSA) is 98.0 Å². The van der Waals surface area contributed by atoms with E-state index in [2.05, 4.69) is 15.3 Å². The first-order valence-electron chi connectivity index (χ1n) is 6.59. The Hall–Kier alpha value is -2.15. The van der Waals surface area contributed by atoms with Gasteiger partial charge in [0.15, 0.2) is 9.84 Å². The molecule has 0 spiro atoms. The summed E-state index contributed by atoms with van der Waals surface area (Å²) < 4.78 is 22.8. The number of aromatic nitrogens is 2. The number of nitrogen functional groups attached to an aromatic ring is 1. The largest absolute Gasteiger partial charge is 0.384 e. The molecule has 0 amide bonds. The zero-order valence-electron chi connectivity index (χ0n) is 12.0. The molecule has 1 aromatic heterocycles. The third-order valence-electron chi connectivity index (χ3n) is 2.82. The van der Waals surface area contributed by atoms with E-state index in [0.29, 0.717) is 17.5 Å². The number of anilines is 3. The lowest BCUT2D eigenvalue weighted by molar-refractivity contribution is 0.602. The molecular weight excluding hydrogens is 288 g/mol. The van der Waals surface area contributed by atoms with Gasteiger partial charge in [-0.05, 0) is 30.7 Å². The zero-order valence-corrected chi connectivity index (χ0v) is 12.8. The summed E-state index contributed by atoms with van der Waals surface area (Å²) in [6.07, 6.45) is 2.87. The van der Waals surface area contributed by atoms with Crippen molar-refractivity contribution in [2.75, 3.05) is 17.3 Å². The third-order valence-corrected chi connectivity index (χ3v) is 3.95. The number of sulfone groups is 1. The molecule has 2 aromatic rings. The van der Waals surface area contributed by atoms with Crippen molar-refractivity contribution in [3.8, 4) is 0 Å². The molecule has 0 radical (unpaired) electrons. The van der Waals surface area contributed by atoms with E-state index in [9.17, 15) is 8.42 Å². The molecule has 0 atom stereocenters. The Morgan fingerprint density at radius 2 is 1.86 bits per heavy atom. The molecule has 2 rings (SSSR count). The second-order valence-corrected chi connectivity index (χ2v) is 6.78. The van der Waals surface area contributed by atoms with Gasteiger partial charge in [0.1, 0.15) is 17.5 Å². The summed E-state index contributed by atoms with van der Waals surface area (Å²) in [7, 11) is -3.19. The second kappa shape index (κ2) is 6.09. The molecular formula is C14H18N4O2S. The number of nitrogens with zero attached hydrogens (tertiary/aromatic N) is 2. The molecule has 7 heteroatoms. The first-order chi connectivity index (χ1) is 9.88. The maximum Gasteiger partial charge on any atom is 0.175 e. The SMILES string of the molecule is CCCc1nc(N)cc(Nc2ccc(S(C)(=O)=O)cc2)n1. The summed E-state index contributed by atoms with van der Waals surface area (Å²) in [6, 6.07) is 8.12. The van der Waals surface area contributed by atoms with Crippen LogP contribution in [0.3, 0.4) is 0 Å². The van der Waals surface area contributed by atoms with Crippen LogP contribution < -0.4 is 11.1 Å². The van der Waals surface area contributed by atoms with Gasteiger partial charge in [0.2, 0.25) is 0 Å². The van der Waals surface area contributed by atoms with Crippen molar-refractivity contribution >= 4 is 27.2 Å². The van der Waals surface area contributed by atoms with Crippen LogP contribution in [-0.2, 0) is 16.3 Å². The quantitative estimate of drug-likeness (QED) is 0.878. The fraction of sp³-hybridized carbons (Fsp3) is 0.286. The molecule has 1 heterocycles. The summed E-state index contributed by atoms with van der Waals surface area (Å²) in [5.74, 6) is 1.69. The van der Waals surface area contributed by atoms with Crippen LogP contribution in [0.5, 0.6) is 0 Å². The monoisotopic (exact) mass is 306 g/mol. The van der Waals surface area contributed by atoms with Crippen molar-refractivity contribution in [3.63, 3.8) is 0 Å². The zero-order chi connectivity index (χ0) is 15.5. The van der Waals surface area contributed by atoms with E-state index in [4.69, 9.17) is 5.73 Å². The van der Waals surface area contributed by atoms with E-state index in [0.717, 1.165) is 18.5 Å². The molecule has 1 aromatic carbocycles. The van der Waals surface area contributed by atoms with Crippen LogP contribution in [-0.4, -0.2) is 24.6 Å². The van der Waals surface area contributed by atoms with Crippen molar-refractivity contribution in [2.24, 2.45) is 0 Å². The minimum Gasteiger partial charge on any atom is -0.384 e. The van der Waals surface area contributed by atoms with E-state index in [1.807, 2.05) is 6.92 Å². The fourth-order valence-corrected chi connectivity index (χ4v) is 2.48. The van der Waals surface area contributed by atoms with E-state index < -0.39 is 9.84 Å². The number of nitrogens with two attached hydrogens (primary N) is 1. The van der Waals surface area contributed by atoms with Crippen molar-refractivity contribution in [1.29, 1.82) is 0 Å². The normalized spacial score (nSPS) is 11.3. The van der Waals surface area contributed by atoms with E-state index >= 15 is 0 Å². The Morgan fingerprint density at radius 3 is 2.43 bits per heavy atom. The van der Waals surface area contributed by atoms with Crippen LogP contribution in [0.1, 0.15) is 19.2 Å². The van der Waals surface area contributed by atoms with Gasteiger partial charge in [0, 0.05) is 24.4 Å². The molecule has 0 aliphatic heterocycles. The number of aryl methyl sites for hydroxylation is 1. The molecule has 3 N–H and O–H groups in total. The summed E-state index contributed by atoms with van der Waals surface area (Å²) in [5.41, 5.74) is 6.49. The number of nitrogens with one attached hydrogen (secondary N) is 1. The number of benzene rings is 1. The highest BCUT2D eigenvalue weighted by atomic mass is 32.2. The lowest BCUT2D eigenvalue weighted by Gasteiger charge is -2.08. The van der Waals surface area contributed by atoms with Gasteiger partial charge in [-0.3, -0.25) is 0 Å². The van der Waals surface area contributed by atoms with Gasteiger partial charge < -0.3 is 11.1 Å². The van der Waals surface area contributed by atoms with E-state index in [1.54, 1.807) is 30.3 Å². The maximum atomic E-state index is 11.4. The molecule has 0 unspecified atom stereocenters. The molecule has 0 saturated carbocycles. The Labute approximate surface area is 124 Å². The standard InChI is InChI=1S/C14H18N4O2S/c1-3-4-13-17-12(15)9-14(18-13)16-10-5-7-11(8-6-10)21(2,19)20/h5-9H,3-4H2,1-2H3,(H3,15,16,17,18). The molecule has 0 fully saturated rings. The summed E-state index contributed by atoms with van der Waals surface area (Å²) in [5, 5.41) is 3.10. The summed E-state index contributed by atoms with van der Waals surface area (Å²) in [4.78, 5) is 8.81. The minimum absolute atomic E-state index is 0.280. The van der Waals surface area contributed by atoms with Crippen LogP contribution in [0.15, 0.2) is 35.2 Å². The van der Waals surface area contributed by atoms with Gasteiger partial charge in [-0.1, -0.05) is 6.92 Å². The van der Waals surface area contributed by atoms with Crippen LogP contribution in [0.2, 0.25) is 0 Å². The predicted octanol–water partition coefficient (Wildman–Crippen LogP) is 2.16. The molecule has 0 bridgehead atoms. The smallest absolute Gasteiger partial charge is 0.175 e. The van der Waals surface area contributed by atoms with Crippen LogP contribution in [0.4, 0.5) is 17.3 Å². The average molecular weight is 306 g/mol. The van der Waals surface area contributed by atoms with Crippen molar-refractivity contribution in [1.82, 2.24) is 9.97 Å².